The predicted octanol–water partition coefficient (Wildman–Crippen LogP) is 4.11. The van der Waals surface area contributed by atoms with Gasteiger partial charge in [-0.3, -0.25) is 9.59 Å². The monoisotopic (exact) mass is 445 g/mol. The Hall–Kier alpha value is -4.40. The van der Waals surface area contributed by atoms with E-state index in [0.29, 0.717) is 22.2 Å². The number of fused-ring (bicyclic) bond motifs is 2. The van der Waals surface area contributed by atoms with E-state index in [1.54, 1.807) is 48.7 Å². The maximum absolute atomic E-state index is 13.5. The Morgan fingerprint density at radius 2 is 1.91 bits per heavy atom. The Morgan fingerprint density at radius 3 is 2.70 bits per heavy atom. The van der Waals surface area contributed by atoms with Crippen molar-refractivity contribution in [2.45, 2.75) is 13.0 Å². The van der Waals surface area contributed by atoms with E-state index in [1.807, 2.05) is 6.07 Å². The highest BCUT2D eigenvalue weighted by Crippen LogP contribution is 2.26. The number of aromatic amines is 1. The van der Waals surface area contributed by atoms with Gasteiger partial charge < -0.3 is 10.3 Å². The van der Waals surface area contributed by atoms with Gasteiger partial charge in [-0.15, -0.1) is 0 Å². The van der Waals surface area contributed by atoms with E-state index in [4.69, 9.17) is 0 Å². The van der Waals surface area contributed by atoms with E-state index < -0.39 is 18.0 Å². The van der Waals surface area contributed by atoms with Crippen LogP contribution in [0.15, 0.2) is 77.9 Å². The van der Waals surface area contributed by atoms with Crippen LogP contribution < -0.4 is 10.7 Å². The minimum Gasteiger partial charge on any atom is -0.361 e. The number of amides is 1. The molecule has 0 atom stereocenters. The van der Waals surface area contributed by atoms with Crippen LogP contribution >= 0.6 is 0 Å². The average molecular weight is 445 g/mol. The summed E-state index contributed by atoms with van der Waals surface area (Å²) >= 11 is 0. The molecule has 7 nitrogen and oxygen atoms in total. The molecule has 5 rings (SSSR count). The van der Waals surface area contributed by atoms with Gasteiger partial charge in [-0.05, 0) is 23.8 Å². The quantitative estimate of drug-likeness (QED) is 0.426. The Balaban J connectivity index is 1.47. The van der Waals surface area contributed by atoms with Crippen LogP contribution in [0.25, 0.3) is 27.8 Å². The highest BCUT2D eigenvalue weighted by atomic mass is 19.3. The topological polar surface area (TPSA) is 92.1 Å². The Morgan fingerprint density at radius 1 is 1.09 bits per heavy atom. The fraction of sp³-hybridized carbons (Fsp3) is 0.0833. The summed E-state index contributed by atoms with van der Waals surface area (Å²) in [6, 6.07) is 16.9. The SMILES string of the molecule is O=C(NCc1ccc2c(=O)cc[nH]c2c1)c1cnn2c(-c3ccccc3)cc(C(F)F)nc12. The number of rotatable bonds is 5. The number of carbonyl (C=O) groups excluding carboxylic acids is 1. The minimum atomic E-state index is -2.80. The number of alkyl halides is 2. The van der Waals surface area contributed by atoms with Crippen molar-refractivity contribution in [3.8, 4) is 11.3 Å². The number of pyridine rings is 1. The van der Waals surface area contributed by atoms with Crippen molar-refractivity contribution in [1.29, 1.82) is 0 Å². The van der Waals surface area contributed by atoms with Crippen LogP contribution in [0.4, 0.5) is 8.78 Å². The molecule has 0 radical (unpaired) electrons. The summed E-state index contributed by atoms with van der Waals surface area (Å²) in [5.41, 5.74) is 2.10. The molecular formula is C24H17F2N5O2. The molecule has 0 saturated heterocycles. The molecule has 0 unspecified atom stereocenters. The molecule has 0 spiro atoms. The molecule has 3 heterocycles. The first-order valence-electron chi connectivity index (χ1n) is 10.1. The molecule has 2 N–H and O–H groups in total. The molecule has 3 aromatic heterocycles. The summed E-state index contributed by atoms with van der Waals surface area (Å²) in [7, 11) is 0. The summed E-state index contributed by atoms with van der Waals surface area (Å²) in [5, 5.41) is 7.55. The van der Waals surface area contributed by atoms with Gasteiger partial charge >= 0.3 is 0 Å². The van der Waals surface area contributed by atoms with Crippen molar-refractivity contribution < 1.29 is 13.6 Å². The summed E-state index contributed by atoms with van der Waals surface area (Å²) in [6.07, 6.45) is 0.0721. The second kappa shape index (κ2) is 8.27. The number of aromatic nitrogens is 4. The van der Waals surface area contributed by atoms with Crippen molar-refractivity contribution in [2.75, 3.05) is 0 Å². The lowest BCUT2D eigenvalue weighted by Crippen LogP contribution is -2.23. The molecule has 2 aromatic carbocycles. The zero-order valence-electron chi connectivity index (χ0n) is 17.1. The third-order valence-corrected chi connectivity index (χ3v) is 5.31. The number of H-pyrrole nitrogens is 1. The highest BCUT2D eigenvalue weighted by molar-refractivity contribution is 6.00. The number of halogens is 2. The molecular weight excluding hydrogens is 428 g/mol. The summed E-state index contributed by atoms with van der Waals surface area (Å²) in [6.45, 7) is 0.170. The molecule has 0 saturated carbocycles. The molecule has 0 aliphatic heterocycles. The molecule has 0 aliphatic rings. The first-order valence-corrected chi connectivity index (χ1v) is 10.1. The zero-order valence-corrected chi connectivity index (χ0v) is 17.1. The average Bonchev–Trinajstić information content (AvgIpc) is 3.27. The maximum atomic E-state index is 13.5. The minimum absolute atomic E-state index is 0.0481. The van der Waals surface area contributed by atoms with Gasteiger partial charge in [0.05, 0.1) is 11.9 Å². The standard InChI is InChI=1S/C24H17F2N5O2/c25-22(26)19-11-20(15-4-2-1-3-5-15)31-23(30-19)17(13-29-31)24(33)28-12-14-6-7-16-18(10-14)27-9-8-21(16)32/h1-11,13,22H,12H2,(H,27,32)(H,28,33). The van der Waals surface area contributed by atoms with E-state index in [9.17, 15) is 18.4 Å². The predicted molar refractivity (Wildman–Crippen MR) is 119 cm³/mol. The Bertz CT molecular complexity index is 1540. The highest BCUT2D eigenvalue weighted by Gasteiger charge is 2.20. The number of hydrogen-bond acceptors (Lipinski definition) is 4. The van der Waals surface area contributed by atoms with Gasteiger partial charge in [-0.2, -0.15) is 5.10 Å². The van der Waals surface area contributed by atoms with Crippen LogP contribution in [0.2, 0.25) is 0 Å². The fourth-order valence-corrected chi connectivity index (χ4v) is 3.68. The zero-order chi connectivity index (χ0) is 22.9. The maximum Gasteiger partial charge on any atom is 0.280 e. The van der Waals surface area contributed by atoms with E-state index >= 15 is 0 Å². The number of nitrogens with zero attached hydrogens (tertiary/aromatic N) is 3. The van der Waals surface area contributed by atoms with Crippen LogP contribution in [0, 0.1) is 0 Å². The van der Waals surface area contributed by atoms with Gasteiger partial charge in [-0.1, -0.05) is 36.4 Å². The number of nitrogens with one attached hydrogen (secondary N) is 2. The van der Waals surface area contributed by atoms with Crippen LogP contribution in [0.1, 0.15) is 28.0 Å². The molecule has 9 heteroatoms. The van der Waals surface area contributed by atoms with Crippen molar-refractivity contribution in [2.24, 2.45) is 0 Å². The van der Waals surface area contributed by atoms with Gasteiger partial charge in [0.25, 0.3) is 12.3 Å². The van der Waals surface area contributed by atoms with Crippen molar-refractivity contribution in [1.82, 2.24) is 24.9 Å². The number of hydrogen-bond donors (Lipinski definition) is 2. The lowest BCUT2D eigenvalue weighted by Gasteiger charge is -2.09. The molecule has 33 heavy (non-hydrogen) atoms. The molecule has 0 aliphatic carbocycles. The van der Waals surface area contributed by atoms with Gasteiger partial charge in [0.15, 0.2) is 11.1 Å². The normalized spacial score (nSPS) is 11.4. The molecule has 164 valence electrons. The summed E-state index contributed by atoms with van der Waals surface area (Å²) in [4.78, 5) is 31.8. The third-order valence-electron chi connectivity index (χ3n) is 5.31. The fourth-order valence-electron chi connectivity index (χ4n) is 3.68. The van der Waals surface area contributed by atoms with E-state index in [2.05, 4.69) is 20.4 Å². The van der Waals surface area contributed by atoms with Crippen molar-refractivity contribution in [3.63, 3.8) is 0 Å². The second-order valence-electron chi connectivity index (χ2n) is 7.43. The van der Waals surface area contributed by atoms with Crippen molar-refractivity contribution >= 4 is 22.5 Å². The van der Waals surface area contributed by atoms with E-state index in [1.165, 1.54) is 22.8 Å². The molecule has 1 amide bonds. The van der Waals surface area contributed by atoms with E-state index in [-0.39, 0.29) is 23.2 Å². The van der Waals surface area contributed by atoms with Crippen LogP contribution in [0.3, 0.4) is 0 Å². The molecule has 5 aromatic rings. The van der Waals surface area contributed by atoms with Crippen molar-refractivity contribution in [3.05, 3.63) is 100 Å². The van der Waals surface area contributed by atoms with Crippen LogP contribution in [0.5, 0.6) is 0 Å². The smallest absolute Gasteiger partial charge is 0.280 e. The first kappa shape index (κ1) is 20.5. The number of benzene rings is 2. The Labute approximate surface area is 185 Å². The molecule has 0 bridgehead atoms. The van der Waals surface area contributed by atoms with Crippen LogP contribution in [-0.4, -0.2) is 25.5 Å². The third kappa shape index (κ3) is 3.84. The second-order valence-corrected chi connectivity index (χ2v) is 7.43. The first-order chi connectivity index (χ1) is 16.0. The van der Waals surface area contributed by atoms with Crippen LogP contribution in [-0.2, 0) is 6.54 Å². The van der Waals surface area contributed by atoms with Gasteiger partial charge in [0, 0.05) is 35.3 Å². The largest absolute Gasteiger partial charge is 0.361 e. The van der Waals surface area contributed by atoms with E-state index in [0.717, 1.165) is 5.56 Å². The summed E-state index contributed by atoms with van der Waals surface area (Å²) in [5.74, 6) is -0.496. The van der Waals surface area contributed by atoms with Gasteiger partial charge in [-0.25, -0.2) is 18.3 Å². The summed E-state index contributed by atoms with van der Waals surface area (Å²) < 4.78 is 28.5. The number of carbonyl (C=O) groups is 1. The lowest BCUT2D eigenvalue weighted by molar-refractivity contribution is 0.0952. The van der Waals surface area contributed by atoms with Gasteiger partial charge in [0.1, 0.15) is 11.3 Å². The molecule has 0 fully saturated rings. The Kier molecular flexibility index (Phi) is 5.14. The van der Waals surface area contributed by atoms with Gasteiger partial charge in [0.2, 0.25) is 0 Å². The lowest BCUT2D eigenvalue weighted by atomic mass is 10.1.